The first-order valence-corrected chi connectivity index (χ1v) is 10.6. The van der Waals surface area contributed by atoms with Crippen molar-refractivity contribution in [3.05, 3.63) is 23.8 Å². The highest BCUT2D eigenvalue weighted by Crippen LogP contribution is 2.32. The lowest BCUT2D eigenvalue weighted by molar-refractivity contribution is -0.136. The van der Waals surface area contributed by atoms with Crippen molar-refractivity contribution in [3.63, 3.8) is 0 Å². The maximum absolute atomic E-state index is 12.9. The maximum Gasteiger partial charge on any atom is 0.252 e. The summed E-state index contributed by atoms with van der Waals surface area (Å²) in [4.78, 5) is 39.7. The molecule has 1 atom stereocenters. The molecule has 0 radical (unpaired) electrons. The minimum atomic E-state index is -0.684. The van der Waals surface area contributed by atoms with Crippen LogP contribution in [0.1, 0.15) is 37.0 Å². The molecule has 0 aromatic heterocycles. The first-order valence-electron chi connectivity index (χ1n) is 10.6. The third kappa shape index (κ3) is 5.88. The number of ether oxygens (including phenoxy) is 3. The van der Waals surface area contributed by atoms with Crippen molar-refractivity contribution in [2.75, 3.05) is 40.1 Å². The van der Waals surface area contributed by atoms with E-state index in [2.05, 4.69) is 10.6 Å². The van der Waals surface area contributed by atoms with Crippen LogP contribution in [0, 0.1) is 11.8 Å². The molecule has 0 unspecified atom stereocenters. The summed E-state index contributed by atoms with van der Waals surface area (Å²) in [5, 5.41) is 5.84. The van der Waals surface area contributed by atoms with Crippen LogP contribution in [0.3, 0.4) is 0 Å². The first kappa shape index (κ1) is 22.9. The van der Waals surface area contributed by atoms with E-state index >= 15 is 0 Å². The van der Waals surface area contributed by atoms with Crippen molar-refractivity contribution in [1.82, 2.24) is 15.5 Å². The zero-order valence-corrected chi connectivity index (χ0v) is 18.3. The first-order chi connectivity index (χ1) is 14.9. The van der Waals surface area contributed by atoms with E-state index in [0.29, 0.717) is 55.5 Å². The van der Waals surface area contributed by atoms with E-state index in [-0.39, 0.29) is 37.0 Å². The molecule has 1 fully saturated rings. The van der Waals surface area contributed by atoms with E-state index in [1.165, 1.54) is 7.11 Å². The fraction of sp³-hybridized carbons (Fsp3) is 0.591. The summed E-state index contributed by atoms with van der Waals surface area (Å²) in [5.74, 6) is 0.713. The Kier molecular flexibility index (Phi) is 7.73. The van der Waals surface area contributed by atoms with Crippen molar-refractivity contribution in [1.29, 1.82) is 0 Å². The standard InChI is InChI=1S/C22H31N3O6/c1-14(2)11-23-22(28)20(15-6-8-25(9-7-15)19(26)12-29-3)24-21(27)16-4-5-17-18(10-16)31-13-30-17/h4-5,10,14-15,20H,6-9,11-13H2,1-3H3,(H,23,28)(H,24,27)/t20-/m0/s1. The molecule has 0 bridgehead atoms. The summed E-state index contributed by atoms with van der Waals surface area (Å²) in [6.07, 6.45) is 1.24. The number of carbonyl (C=O) groups excluding carboxylic acids is 3. The van der Waals surface area contributed by atoms with Gasteiger partial charge >= 0.3 is 0 Å². The summed E-state index contributed by atoms with van der Waals surface area (Å²) >= 11 is 0. The fourth-order valence-corrected chi connectivity index (χ4v) is 3.77. The summed E-state index contributed by atoms with van der Waals surface area (Å²) < 4.78 is 15.6. The number of hydrogen-bond donors (Lipinski definition) is 2. The van der Waals surface area contributed by atoms with E-state index in [4.69, 9.17) is 14.2 Å². The topological polar surface area (TPSA) is 106 Å². The van der Waals surface area contributed by atoms with Gasteiger partial charge in [0.05, 0.1) is 0 Å². The van der Waals surface area contributed by atoms with Crippen LogP contribution in [0.25, 0.3) is 0 Å². The van der Waals surface area contributed by atoms with Crippen LogP contribution in [0.4, 0.5) is 0 Å². The molecule has 2 aliphatic heterocycles. The molecule has 0 saturated carbocycles. The molecule has 3 amide bonds. The van der Waals surface area contributed by atoms with Crippen molar-refractivity contribution < 1.29 is 28.6 Å². The predicted molar refractivity (Wildman–Crippen MR) is 113 cm³/mol. The van der Waals surface area contributed by atoms with Gasteiger partial charge in [-0.15, -0.1) is 0 Å². The van der Waals surface area contributed by atoms with Gasteiger partial charge in [-0.1, -0.05) is 13.8 Å². The summed E-state index contributed by atoms with van der Waals surface area (Å²) in [6, 6.07) is 4.27. The van der Waals surface area contributed by atoms with Gasteiger partial charge in [0.1, 0.15) is 12.6 Å². The predicted octanol–water partition coefficient (Wildman–Crippen LogP) is 1.17. The number of fused-ring (bicyclic) bond motifs is 1. The van der Waals surface area contributed by atoms with Gasteiger partial charge in [-0.2, -0.15) is 0 Å². The number of amides is 3. The lowest BCUT2D eigenvalue weighted by Gasteiger charge is -2.35. The second-order valence-corrected chi connectivity index (χ2v) is 8.31. The lowest BCUT2D eigenvalue weighted by Crippen LogP contribution is -2.54. The van der Waals surface area contributed by atoms with E-state index in [1.807, 2.05) is 13.8 Å². The van der Waals surface area contributed by atoms with Crippen LogP contribution in [0.5, 0.6) is 11.5 Å². The fourth-order valence-electron chi connectivity index (χ4n) is 3.77. The third-order valence-corrected chi connectivity index (χ3v) is 5.52. The Morgan fingerprint density at radius 3 is 2.55 bits per heavy atom. The highest BCUT2D eigenvalue weighted by Gasteiger charge is 2.34. The van der Waals surface area contributed by atoms with Gasteiger partial charge in [0.2, 0.25) is 18.6 Å². The zero-order chi connectivity index (χ0) is 22.4. The highest BCUT2D eigenvalue weighted by molar-refractivity contribution is 5.98. The molecular formula is C22H31N3O6. The molecule has 2 N–H and O–H groups in total. The van der Waals surface area contributed by atoms with Gasteiger partial charge in [-0.05, 0) is 42.9 Å². The van der Waals surface area contributed by atoms with Crippen LogP contribution >= 0.6 is 0 Å². The Morgan fingerprint density at radius 1 is 1.16 bits per heavy atom. The molecule has 2 heterocycles. The van der Waals surface area contributed by atoms with Gasteiger partial charge < -0.3 is 29.7 Å². The van der Waals surface area contributed by atoms with Crippen molar-refractivity contribution >= 4 is 17.7 Å². The second-order valence-electron chi connectivity index (χ2n) is 8.31. The minimum absolute atomic E-state index is 0.0455. The summed E-state index contributed by atoms with van der Waals surface area (Å²) in [6.45, 7) is 5.79. The van der Waals surface area contributed by atoms with Crippen molar-refractivity contribution in [2.45, 2.75) is 32.7 Å². The van der Waals surface area contributed by atoms with Crippen LogP contribution < -0.4 is 20.1 Å². The average molecular weight is 434 g/mol. The largest absolute Gasteiger partial charge is 0.454 e. The average Bonchev–Trinajstić information content (AvgIpc) is 3.24. The van der Waals surface area contributed by atoms with E-state index in [0.717, 1.165) is 0 Å². The van der Waals surface area contributed by atoms with Gasteiger partial charge in [-0.25, -0.2) is 0 Å². The van der Waals surface area contributed by atoms with Gasteiger partial charge in [-0.3, -0.25) is 14.4 Å². The molecule has 1 aromatic rings. The molecule has 2 aliphatic rings. The quantitative estimate of drug-likeness (QED) is 0.638. The number of methoxy groups -OCH3 is 1. The molecule has 9 nitrogen and oxygen atoms in total. The van der Waals surface area contributed by atoms with E-state index < -0.39 is 6.04 Å². The second kappa shape index (κ2) is 10.5. The SMILES string of the molecule is COCC(=O)N1CCC([C@H](NC(=O)c2ccc3c(c2)OCO3)C(=O)NCC(C)C)CC1. The third-order valence-electron chi connectivity index (χ3n) is 5.52. The number of hydrogen-bond acceptors (Lipinski definition) is 6. The van der Waals surface area contributed by atoms with Crippen molar-refractivity contribution in [2.24, 2.45) is 11.8 Å². The Morgan fingerprint density at radius 2 is 1.87 bits per heavy atom. The zero-order valence-electron chi connectivity index (χ0n) is 18.3. The molecule has 0 spiro atoms. The van der Waals surface area contributed by atoms with E-state index in [1.54, 1.807) is 23.1 Å². The lowest BCUT2D eigenvalue weighted by atomic mass is 9.88. The monoisotopic (exact) mass is 433 g/mol. The van der Waals surface area contributed by atoms with Crippen LogP contribution in [-0.2, 0) is 14.3 Å². The van der Waals surface area contributed by atoms with E-state index in [9.17, 15) is 14.4 Å². The maximum atomic E-state index is 12.9. The Bertz CT molecular complexity index is 804. The van der Waals surface area contributed by atoms with Gasteiger partial charge in [0.15, 0.2) is 11.5 Å². The number of nitrogens with zero attached hydrogens (tertiary/aromatic N) is 1. The van der Waals surface area contributed by atoms with Crippen molar-refractivity contribution in [3.8, 4) is 11.5 Å². The van der Waals surface area contributed by atoms with Crippen LogP contribution in [-0.4, -0.2) is 68.8 Å². The van der Waals surface area contributed by atoms with Gasteiger partial charge in [0, 0.05) is 32.3 Å². The Hall–Kier alpha value is -2.81. The number of rotatable bonds is 8. The smallest absolute Gasteiger partial charge is 0.252 e. The number of carbonyl (C=O) groups is 3. The molecule has 170 valence electrons. The molecule has 1 saturated heterocycles. The number of benzene rings is 1. The number of nitrogens with one attached hydrogen (secondary N) is 2. The Labute approximate surface area is 182 Å². The van der Waals surface area contributed by atoms with Gasteiger partial charge in [0.25, 0.3) is 5.91 Å². The highest BCUT2D eigenvalue weighted by atomic mass is 16.7. The number of likely N-dealkylation sites (tertiary alicyclic amines) is 1. The minimum Gasteiger partial charge on any atom is -0.454 e. The normalized spacial score (nSPS) is 16.8. The molecule has 0 aliphatic carbocycles. The molecule has 31 heavy (non-hydrogen) atoms. The van der Waals surface area contributed by atoms with Crippen LogP contribution in [0.15, 0.2) is 18.2 Å². The molecule has 9 heteroatoms. The summed E-state index contributed by atoms with van der Waals surface area (Å²) in [5.41, 5.74) is 0.401. The molecular weight excluding hydrogens is 402 g/mol. The Balaban J connectivity index is 1.68. The summed E-state index contributed by atoms with van der Waals surface area (Å²) in [7, 11) is 1.49. The molecule has 3 rings (SSSR count). The van der Waals surface area contributed by atoms with Crippen LogP contribution in [0.2, 0.25) is 0 Å². The number of piperidine rings is 1. The molecule has 1 aromatic carbocycles.